The van der Waals surface area contributed by atoms with E-state index in [2.05, 4.69) is 37.1 Å². The molecular weight excluding hydrogens is 288 g/mol. The standard InChI is InChI=1S/C19H30N2O2/c1-14(22)12-15-8-7-11-21(15)13-18(23)20-17-10-6-5-9-16(17)19(2,3)4/h5-6,9-10,14-15,22H,7-8,11-13H2,1-4H3,(H,20,23). The molecule has 1 heterocycles. The molecule has 1 aliphatic heterocycles. The molecule has 4 heteroatoms. The summed E-state index contributed by atoms with van der Waals surface area (Å²) in [5.74, 6) is 0.0270. The van der Waals surface area contributed by atoms with Gasteiger partial charge in [-0.15, -0.1) is 0 Å². The second-order valence-corrected chi connectivity index (χ2v) is 7.70. The number of likely N-dealkylation sites (tertiary alicyclic amines) is 1. The number of amides is 1. The van der Waals surface area contributed by atoms with Gasteiger partial charge in [0.1, 0.15) is 0 Å². The number of aliphatic hydroxyl groups is 1. The van der Waals surface area contributed by atoms with Crippen molar-refractivity contribution in [3.8, 4) is 0 Å². The number of benzene rings is 1. The zero-order valence-corrected chi connectivity index (χ0v) is 14.8. The first-order valence-electron chi connectivity index (χ1n) is 8.59. The molecule has 0 aromatic heterocycles. The fourth-order valence-electron chi connectivity index (χ4n) is 3.38. The molecule has 0 radical (unpaired) electrons. The van der Waals surface area contributed by atoms with Crippen LogP contribution in [0.2, 0.25) is 0 Å². The fourth-order valence-corrected chi connectivity index (χ4v) is 3.38. The van der Waals surface area contributed by atoms with Crippen LogP contribution < -0.4 is 5.32 Å². The Bertz CT molecular complexity index is 534. The van der Waals surface area contributed by atoms with Crippen LogP contribution in [0, 0.1) is 0 Å². The Morgan fingerprint density at radius 1 is 1.39 bits per heavy atom. The van der Waals surface area contributed by atoms with E-state index < -0.39 is 0 Å². The number of aliphatic hydroxyl groups excluding tert-OH is 1. The lowest BCUT2D eigenvalue weighted by Gasteiger charge is -2.26. The van der Waals surface area contributed by atoms with E-state index in [1.807, 2.05) is 25.1 Å². The topological polar surface area (TPSA) is 52.6 Å². The number of hydrogen-bond acceptors (Lipinski definition) is 3. The summed E-state index contributed by atoms with van der Waals surface area (Å²) in [6.45, 7) is 9.60. The first kappa shape index (κ1) is 18.0. The first-order valence-corrected chi connectivity index (χ1v) is 8.59. The van der Waals surface area contributed by atoms with E-state index >= 15 is 0 Å². The van der Waals surface area contributed by atoms with Gasteiger partial charge in [-0.05, 0) is 49.8 Å². The summed E-state index contributed by atoms with van der Waals surface area (Å²) in [6, 6.07) is 8.32. The third-order valence-corrected chi connectivity index (χ3v) is 4.47. The summed E-state index contributed by atoms with van der Waals surface area (Å²) >= 11 is 0. The molecule has 2 unspecified atom stereocenters. The zero-order chi connectivity index (χ0) is 17.0. The Morgan fingerprint density at radius 3 is 2.74 bits per heavy atom. The van der Waals surface area contributed by atoms with Crippen molar-refractivity contribution >= 4 is 11.6 Å². The Balaban J connectivity index is 2.00. The molecule has 1 saturated heterocycles. The van der Waals surface area contributed by atoms with E-state index in [0.29, 0.717) is 12.6 Å². The van der Waals surface area contributed by atoms with Crippen molar-refractivity contribution < 1.29 is 9.90 Å². The summed E-state index contributed by atoms with van der Waals surface area (Å²) < 4.78 is 0. The van der Waals surface area contributed by atoms with Gasteiger partial charge in [-0.3, -0.25) is 9.69 Å². The molecule has 0 saturated carbocycles. The average molecular weight is 318 g/mol. The summed E-state index contributed by atoms with van der Waals surface area (Å²) in [7, 11) is 0. The SMILES string of the molecule is CC(O)CC1CCCN1CC(=O)Nc1ccccc1C(C)(C)C. The van der Waals surface area contributed by atoms with Gasteiger partial charge in [0.15, 0.2) is 0 Å². The number of carbonyl (C=O) groups is 1. The molecule has 1 aromatic carbocycles. The van der Waals surface area contributed by atoms with Crippen LogP contribution in [0.15, 0.2) is 24.3 Å². The predicted octanol–water partition coefficient (Wildman–Crippen LogP) is 3.16. The molecule has 0 spiro atoms. The summed E-state index contributed by atoms with van der Waals surface area (Å²) in [5, 5.41) is 12.7. The molecule has 2 rings (SSSR count). The van der Waals surface area contributed by atoms with Gasteiger partial charge >= 0.3 is 0 Å². The van der Waals surface area contributed by atoms with E-state index in [4.69, 9.17) is 0 Å². The second kappa shape index (κ2) is 7.45. The Labute approximate surface area is 139 Å². The molecular formula is C19H30N2O2. The van der Waals surface area contributed by atoms with Crippen molar-refractivity contribution in [3.63, 3.8) is 0 Å². The van der Waals surface area contributed by atoms with Crippen LogP contribution in [-0.4, -0.2) is 41.1 Å². The lowest BCUT2D eigenvalue weighted by molar-refractivity contribution is -0.117. The minimum absolute atomic E-state index is 0.00757. The highest BCUT2D eigenvalue weighted by Gasteiger charge is 2.27. The van der Waals surface area contributed by atoms with E-state index in [1.165, 1.54) is 0 Å². The number of nitrogens with one attached hydrogen (secondary N) is 1. The van der Waals surface area contributed by atoms with Crippen LogP contribution >= 0.6 is 0 Å². The monoisotopic (exact) mass is 318 g/mol. The van der Waals surface area contributed by atoms with Crippen molar-refractivity contribution in [1.82, 2.24) is 4.90 Å². The van der Waals surface area contributed by atoms with E-state index in [-0.39, 0.29) is 17.4 Å². The van der Waals surface area contributed by atoms with Gasteiger partial charge in [0.05, 0.1) is 12.6 Å². The van der Waals surface area contributed by atoms with Crippen LogP contribution in [0.3, 0.4) is 0 Å². The minimum Gasteiger partial charge on any atom is -0.393 e. The lowest BCUT2D eigenvalue weighted by Crippen LogP contribution is -2.38. The van der Waals surface area contributed by atoms with Gasteiger partial charge in [0, 0.05) is 11.7 Å². The molecule has 2 N–H and O–H groups in total. The van der Waals surface area contributed by atoms with Gasteiger partial charge in [-0.25, -0.2) is 0 Å². The van der Waals surface area contributed by atoms with Crippen molar-refractivity contribution in [3.05, 3.63) is 29.8 Å². The van der Waals surface area contributed by atoms with Crippen molar-refractivity contribution in [1.29, 1.82) is 0 Å². The van der Waals surface area contributed by atoms with Crippen molar-refractivity contribution in [2.24, 2.45) is 0 Å². The smallest absolute Gasteiger partial charge is 0.238 e. The van der Waals surface area contributed by atoms with Gasteiger partial charge in [-0.2, -0.15) is 0 Å². The summed E-state index contributed by atoms with van der Waals surface area (Å²) in [6.07, 6.45) is 2.59. The number of carbonyl (C=O) groups excluding carboxylic acids is 1. The van der Waals surface area contributed by atoms with E-state index in [0.717, 1.165) is 37.1 Å². The Kier molecular flexibility index (Phi) is 5.82. The number of nitrogens with zero attached hydrogens (tertiary/aromatic N) is 1. The number of anilines is 1. The van der Waals surface area contributed by atoms with Crippen LogP contribution in [0.25, 0.3) is 0 Å². The molecule has 1 amide bonds. The number of rotatable bonds is 5. The molecule has 1 aliphatic rings. The van der Waals surface area contributed by atoms with Gasteiger partial charge in [0.25, 0.3) is 0 Å². The molecule has 1 aromatic rings. The maximum Gasteiger partial charge on any atom is 0.238 e. The minimum atomic E-state index is -0.315. The highest BCUT2D eigenvalue weighted by Crippen LogP contribution is 2.29. The third-order valence-electron chi connectivity index (χ3n) is 4.47. The molecule has 0 bridgehead atoms. The molecule has 2 atom stereocenters. The largest absolute Gasteiger partial charge is 0.393 e. The van der Waals surface area contributed by atoms with Crippen LogP contribution in [0.4, 0.5) is 5.69 Å². The first-order chi connectivity index (χ1) is 10.8. The zero-order valence-electron chi connectivity index (χ0n) is 14.8. The van der Waals surface area contributed by atoms with Gasteiger partial charge in [0.2, 0.25) is 5.91 Å². The molecule has 128 valence electrons. The van der Waals surface area contributed by atoms with E-state index in [1.54, 1.807) is 0 Å². The van der Waals surface area contributed by atoms with Crippen molar-refractivity contribution in [2.75, 3.05) is 18.4 Å². The van der Waals surface area contributed by atoms with Gasteiger partial charge in [-0.1, -0.05) is 39.0 Å². The Hall–Kier alpha value is -1.39. The Morgan fingerprint density at radius 2 is 2.09 bits per heavy atom. The maximum atomic E-state index is 12.5. The van der Waals surface area contributed by atoms with Crippen LogP contribution in [0.1, 0.15) is 52.5 Å². The second-order valence-electron chi connectivity index (χ2n) is 7.70. The number of para-hydroxylation sites is 1. The molecule has 0 aliphatic carbocycles. The highest BCUT2D eigenvalue weighted by molar-refractivity contribution is 5.93. The quantitative estimate of drug-likeness (QED) is 0.877. The number of hydrogen-bond donors (Lipinski definition) is 2. The normalized spacial score (nSPS) is 20.5. The fraction of sp³-hybridized carbons (Fsp3) is 0.632. The maximum absolute atomic E-state index is 12.5. The summed E-state index contributed by atoms with van der Waals surface area (Å²) in [4.78, 5) is 14.7. The lowest BCUT2D eigenvalue weighted by atomic mass is 9.86. The van der Waals surface area contributed by atoms with Gasteiger partial charge < -0.3 is 10.4 Å². The van der Waals surface area contributed by atoms with Crippen LogP contribution in [-0.2, 0) is 10.2 Å². The highest BCUT2D eigenvalue weighted by atomic mass is 16.3. The summed E-state index contributed by atoms with van der Waals surface area (Å²) in [5.41, 5.74) is 2.04. The molecule has 1 fully saturated rings. The van der Waals surface area contributed by atoms with Crippen LogP contribution in [0.5, 0.6) is 0 Å². The molecule has 4 nitrogen and oxygen atoms in total. The third kappa shape index (κ3) is 5.05. The predicted molar refractivity (Wildman–Crippen MR) is 94.7 cm³/mol. The molecule has 23 heavy (non-hydrogen) atoms. The van der Waals surface area contributed by atoms with Crippen molar-refractivity contribution in [2.45, 2.75) is 64.5 Å². The van der Waals surface area contributed by atoms with E-state index in [9.17, 15) is 9.90 Å². The average Bonchev–Trinajstić information content (AvgIpc) is 2.84.